The lowest BCUT2D eigenvalue weighted by atomic mass is 9.47. The van der Waals surface area contributed by atoms with Gasteiger partial charge in [0.15, 0.2) is 0 Å². The zero-order chi connectivity index (χ0) is 20.2. The summed E-state index contributed by atoms with van der Waals surface area (Å²) in [6.45, 7) is 8.01. The van der Waals surface area contributed by atoms with Gasteiger partial charge in [-0.3, -0.25) is 0 Å². The highest BCUT2D eigenvalue weighted by Gasteiger charge is 2.57. The quantitative estimate of drug-likeness (QED) is 0.383. The van der Waals surface area contributed by atoms with E-state index in [0.29, 0.717) is 5.41 Å². The van der Waals surface area contributed by atoms with Gasteiger partial charge in [-0.15, -0.1) is 0 Å². The Morgan fingerprint density at radius 3 is 2.62 bits per heavy atom. The third-order valence-corrected chi connectivity index (χ3v) is 10.4. The molecule has 1 saturated carbocycles. The van der Waals surface area contributed by atoms with Gasteiger partial charge in [0.2, 0.25) is 0 Å². The molecule has 0 N–H and O–H groups in total. The molecule has 0 aromatic heterocycles. The van der Waals surface area contributed by atoms with Gasteiger partial charge in [0.05, 0.1) is 12.4 Å². The summed E-state index contributed by atoms with van der Waals surface area (Å²) in [5.74, 6) is 3.61. The highest BCUT2D eigenvalue weighted by Crippen LogP contribution is 2.67. The Balaban J connectivity index is 1.64. The molecular weight excluding hydrogens is 467 g/mol. The van der Waals surface area contributed by atoms with E-state index in [-0.39, 0.29) is 5.41 Å². The number of fused-ring (bicyclic) bond motifs is 5. The number of ether oxygens (including phenoxy) is 1. The summed E-state index contributed by atoms with van der Waals surface area (Å²) >= 11 is 2.64. The predicted molar refractivity (Wildman–Crippen MR) is 130 cm³/mol. The third kappa shape index (κ3) is 2.99. The zero-order valence-corrected chi connectivity index (χ0v) is 20.2. The van der Waals surface area contributed by atoms with Crippen molar-refractivity contribution in [2.45, 2.75) is 59.3 Å². The van der Waals surface area contributed by atoms with E-state index < -0.39 is 0 Å². The number of hydrogen-bond donors (Lipinski definition) is 0. The van der Waals surface area contributed by atoms with E-state index in [1.54, 1.807) is 14.7 Å². The van der Waals surface area contributed by atoms with Crippen molar-refractivity contribution >= 4 is 28.2 Å². The monoisotopic (exact) mass is 500 g/mol. The van der Waals surface area contributed by atoms with Crippen LogP contribution in [0.1, 0.15) is 64.9 Å². The summed E-state index contributed by atoms with van der Waals surface area (Å²) in [6.07, 6.45) is 12.6. The molecule has 5 rings (SSSR count). The SMILES string of the molecule is CCOC1=CC2=C(c3ccccc3)C[C@@H]3[C@H](CC[C@]4(C)C(I)=CC[C@@H]34)[C@@]2(C)CC1. The smallest absolute Gasteiger partial charge is 0.0962 e. The molecule has 4 aliphatic carbocycles. The van der Waals surface area contributed by atoms with Crippen molar-refractivity contribution in [3.63, 3.8) is 0 Å². The van der Waals surface area contributed by atoms with E-state index in [9.17, 15) is 0 Å². The first kappa shape index (κ1) is 19.9. The van der Waals surface area contributed by atoms with E-state index in [1.807, 2.05) is 0 Å². The van der Waals surface area contributed by atoms with Crippen LogP contribution in [0.2, 0.25) is 0 Å². The minimum absolute atomic E-state index is 0.282. The molecule has 0 spiro atoms. The largest absolute Gasteiger partial charge is 0.498 e. The molecule has 1 aromatic rings. The molecule has 4 aliphatic rings. The fourth-order valence-electron chi connectivity index (χ4n) is 7.17. The lowest BCUT2D eigenvalue weighted by molar-refractivity contribution is -0.00622. The summed E-state index contributed by atoms with van der Waals surface area (Å²) in [7, 11) is 0. The molecule has 2 heteroatoms. The molecule has 1 fully saturated rings. The summed E-state index contributed by atoms with van der Waals surface area (Å²) in [4.78, 5) is 0. The van der Waals surface area contributed by atoms with Gasteiger partial charge in [0.1, 0.15) is 0 Å². The van der Waals surface area contributed by atoms with Gasteiger partial charge in [-0.2, -0.15) is 0 Å². The van der Waals surface area contributed by atoms with Crippen molar-refractivity contribution in [3.8, 4) is 0 Å². The Bertz CT molecular complexity index is 894. The molecule has 0 bridgehead atoms. The molecular formula is C27H33IO. The molecule has 29 heavy (non-hydrogen) atoms. The van der Waals surface area contributed by atoms with Crippen molar-refractivity contribution in [2.24, 2.45) is 28.6 Å². The normalized spacial score (nSPS) is 38.6. The second-order valence-electron chi connectivity index (χ2n) is 10.0. The Morgan fingerprint density at radius 1 is 1.07 bits per heavy atom. The van der Waals surface area contributed by atoms with Crippen molar-refractivity contribution in [1.82, 2.24) is 0 Å². The molecule has 0 amide bonds. The molecule has 1 nitrogen and oxygen atoms in total. The number of hydrogen-bond acceptors (Lipinski definition) is 1. The Kier molecular flexibility index (Phi) is 5.00. The van der Waals surface area contributed by atoms with E-state index >= 15 is 0 Å². The molecule has 0 aliphatic heterocycles. The lowest BCUT2D eigenvalue weighted by Crippen LogP contribution is -2.49. The number of benzene rings is 1. The molecule has 0 saturated heterocycles. The second-order valence-corrected chi connectivity index (χ2v) is 11.2. The van der Waals surface area contributed by atoms with Crippen LogP contribution in [-0.4, -0.2) is 6.61 Å². The van der Waals surface area contributed by atoms with Crippen LogP contribution in [-0.2, 0) is 4.74 Å². The second kappa shape index (κ2) is 7.28. The zero-order valence-electron chi connectivity index (χ0n) is 18.0. The van der Waals surface area contributed by atoms with Crippen LogP contribution in [0, 0.1) is 28.6 Å². The van der Waals surface area contributed by atoms with Gasteiger partial charge in [-0.1, -0.05) is 50.3 Å². The van der Waals surface area contributed by atoms with Crippen LogP contribution in [0.4, 0.5) is 0 Å². The minimum atomic E-state index is 0.282. The van der Waals surface area contributed by atoms with Crippen LogP contribution in [0.15, 0.2) is 57.4 Å². The van der Waals surface area contributed by atoms with E-state index in [0.717, 1.165) is 30.8 Å². The van der Waals surface area contributed by atoms with Gasteiger partial charge < -0.3 is 4.74 Å². The maximum atomic E-state index is 6.01. The first-order chi connectivity index (χ1) is 14.0. The average molecular weight is 500 g/mol. The van der Waals surface area contributed by atoms with Crippen molar-refractivity contribution in [1.29, 1.82) is 0 Å². The van der Waals surface area contributed by atoms with Crippen LogP contribution in [0.3, 0.4) is 0 Å². The summed E-state index contributed by atoms with van der Waals surface area (Å²) in [6, 6.07) is 11.2. The number of allylic oxidation sites excluding steroid dienone is 6. The molecule has 0 unspecified atom stereocenters. The van der Waals surface area contributed by atoms with E-state index in [1.165, 1.54) is 43.4 Å². The fourth-order valence-corrected chi connectivity index (χ4v) is 8.09. The van der Waals surface area contributed by atoms with Gasteiger partial charge in [-0.05, 0) is 111 Å². The Labute approximate surface area is 189 Å². The van der Waals surface area contributed by atoms with Gasteiger partial charge in [0.25, 0.3) is 0 Å². The van der Waals surface area contributed by atoms with E-state index in [2.05, 4.69) is 85.8 Å². The minimum Gasteiger partial charge on any atom is -0.498 e. The molecule has 0 radical (unpaired) electrons. The Morgan fingerprint density at radius 2 is 1.86 bits per heavy atom. The first-order valence-electron chi connectivity index (χ1n) is 11.5. The summed E-state index contributed by atoms with van der Waals surface area (Å²) in [5.41, 5.74) is 5.30. The molecule has 154 valence electrons. The predicted octanol–water partition coefficient (Wildman–Crippen LogP) is 7.94. The lowest BCUT2D eigenvalue weighted by Gasteiger charge is -2.57. The van der Waals surface area contributed by atoms with Crippen LogP contribution >= 0.6 is 22.6 Å². The summed E-state index contributed by atoms with van der Waals surface area (Å²) in [5, 5.41) is 0. The maximum Gasteiger partial charge on any atom is 0.0962 e. The average Bonchev–Trinajstić information content (AvgIpc) is 3.03. The van der Waals surface area contributed by atoms with Gasteiger partial charge >= 0.3 is 0 Å². The molecule has 0 heterocycles. The fraction of sp³-hybridized carbons (Fsp3) is 0.556. The van der Waals surface area contributed by atoms with Crippen molar-refractivity contribution in [2.75, 3.05) is 6.61 Å². The highest BCUT2D eigenvalue weighted by atomic mass is 127. The standard InChI is InChI=1S/C27H33IO/c1-4-29-19-12-14-26(2)23-13-15-27(3)22(10-11-25(27)28)21(23)17-20(24(26)16-19)18-8-6-5-7-9-18/h5-9,11,16,21-23H,4,10,12-15,17H2,1-3H3/t21-,22-,23-,26+,27-/m0/s1. The van der Waals surface area contributed by atoms with Crippen molar-refractivity contribution in [3.05, 3.63) is 63.0 Å². The number of halogens is 1. The van der Waals surface area contributed by atoms with Gasteiger partial charge in [-0.25, -0.2) is 0 Å². The van der Waals surface area contributed by atoms with Gasteiger partial charge in [0, 0.05) is 11.8 Å². The maximum absolute atomic E-state index is 6.01. The first-order valence-corrected chi connectivity index (χ1v) is 12.5. The Hall–Kier alpha value is -1.03. The topological polar surface area (TPSA) is 9.23 Å². The number of rotatable bonds is 3. The van der Waals surface area contributed by atoms with E-state index in [4.69, 9.17) is 4.74 Å². The summed E-state index contributed by atoms with van der Waals surface area (Å²) < 4.78 is 7.64. The van der Waals surface area contributed by atoms with Crippen LogP contribution in [0.5, 0.6) is 0 Å². The highest BCUT2D eigenvalue weighted by molar-refractivity contribution is 14.1. The van der Waals surface area contributed by atoms with Crippen LogP contribution in [0.25, 0.3) is 5.57 Å². The third-order valence-electron chi connectivity index (χ3n) is 8.77. The molecule has 5 atom stereocenters. The van der Waals surface area contributed by atoms with Crippen molar-refractivity contribution < 1.29 is 4.74 Å². The van der Waals surface area contributed by atoms with Crippen LogP contribution < -0.4 is 0 Å². The molecule has 1 aromatic carbocycles.